The third kappa shape index (κ3) is 3.54. The average molecular weight is 307 g/mol. The molecule has 0 spiro atoms. The lowest BCUT2D eigenvalue weighted by atomic mass is 10.1. The minimum absolute atomic E-state index is 0.0340. The SMILES string of the molecule is O=C(CN(Cc1cccs1)C1CC1)c1ccc(F)cc1F. The van der Waals surface area contributed by atoms with E-state index in [1.54, 1.807) is 11.3 Å². The van der Waals surface area contributed by atoms with E-state index in [1.807, 2.05) is 17.5 Å². The predicted molar refractivity (Wildman–Crippen MR) is 78.4 cm³/mol. The van der Waals surface area contributed by atoms with Gasteiger partial charge >= 0.3 is 0 Å². The van der Waals surface area contributed by atoms with Gasteiger partial charge in [-0.1, -0.05) is 6.07 Å². The highest BCUT2D eigenvalue weighted by Crippen LogP contribution is 2.29. The monoisotopic (exact) mass is 307 g/mol. The lowest BCUT2D eigenvalue weighted by molar-refractivity contribution is 0.0916. The van der Waals surface area contributed by atoms with Crippen molar-refractivity contribution < 1.29 is 13.6 Å². The van der Waals surface area contributed by atoms with Crippen LogP contribution >= 0.6 is 11.3 Å². The van der Waals surface area contributed by atoms with Crippen molar-refractivity contribution >= 4 is 17.1 Å². The van der Waals surface area contributed by atoms with Gasteiger partial charge in [0.05, 0.1) is 12.1 Å². The summed E-state index contributed by atoms with van der Waals surface area (Å²) in [6, 6.07) is 7.52. The highest BCUT2D eigenvalue weighted by atomic mass is 32.1. The second kappa shape index (κ2) is 6.03. The highest BCUT2D eigenvalue weighted by Gasteiger charge is 2.31. The van der Waals surface area contributed by atoms with E-state index >= 15 is 0 Å². The first-order chi connectivity index (χ1) is 10.1. The summed E-state index contributed by atoms with van der Waals surface area (Å²) in [5.74, 6) is -1.75. The Labute approximate surface area is 126 Å². The van der Waals surface area contributed by atoms with Gasteiger partial charge in [-0.15, -0.1) is 11.3 Å². The number of rotatable bonds is 6. The van der Waals surface area contributed by atoms with Crippen LogP contribution in [0, 0.1) is 11.6 Å². The van der Waals surface area contributed by atoms with Gasteiger partial charge in [0, 0.05) is 23.5 Å². The molecule has 0 radical (unpaired) electrons. The summed E-state index contributed by atoms with van der Waals surface area (Å²) in [7, 11) is 0. The summed E-state index contributed by atoms with van der Waals surface area (Å²) in [4.78, 5) is 15.5. The normalized spacial score (nSPS) is 14.6. The molecule has 1 saturated carbocycles. The molecule has 0 N–H and O–H groups in total. The predicted octanol–water partition coefficient (Wildman–Crippen LogP) is 3.87. The Morgan fingerprint density at radius 3 is 2.71 bits per heavy atom. The number of hydrogen-bond donors (Lipinski definition) is 0. The first kappa shape index (κ1) is 14.4. The first-order valence-electron chi connectivity index (χ1n) is 6.88. The fourth-order valence-corrected chi connectivity index (χ4v) is 3.07. The number of hydrogen-bond acceptors (Lipinski definition) is 3. The van der Waals surface area contributed by atoms with Crippen LogP contribution in [0.1, 0.15) is 28.1 Å². The number of thiophene rings is 1. The molecule has 2 nitrogen and oxygen atoms in total. The average Bonchev–Trinajstić information content (AvgIpc) is 3.16. The molecule has 0 unspecified atom stereocenters. The zero-order valence-electron chi connectivity index (χ0n) is 11.4. The molecule has 2 aromatic rings. The van der Waals surface area contributed by atoms with Crippen LogP contribution in [0.15, 0.2) is 35.7 Å². The Balaban J connectivity index is 1.71. The Kier molecular flexibility index (Phi) is 4.12. The van der Waals surface area contributed by atoms with Crippen molar-refractivity contribution in [3.05, 3.63) is 57.8 Å². The van der Waals surface area contributed by atoms with Gasteiger partial charge < -0.3 is 0 Å². The standard InChI is InChI=1S/C16H15F2NOS/c17-11-3-6-14(15(18)8-11)16(20)10-19(12-4-5-12)9-13-2-1-7-21-13/h1-3,6-8,12H,4-5,9-10H2. The third-order valence-corrected chi connectivity index (χ3v) is 4.44. The Morgan fingerprint density at radius 2 is 2.10 bits per heavy atom. The maximum Gasteiger partial charge on any atom is 0.179 e. The van der Waals surface area contributed by atoms with Gasteiger partial charge in [0.2, 0.25) is 0 Å². The smallest absolute Gasteiger partial charge is 0.179 e. The molecule has 0 atom stereocenters. The van der Waals surface area contributed by atoms with Crippen LogP contribution < -0.4 is 0 Å². The van der Waals surface area contributed by atoms with Crippen molar-refractivity contribution in [2.24, 2.45) is 0 Å². The minimum atomic E-state index is -0.785. The molecule has 0 saturated heterocycles. The second-order valence-corrected chi connectivity index (χ2v) is 6.30. The van der Waals surface area contributed by atoms with E-state index in [2.05, 4.69) is 4.90 Å². The molecule has 1 aromatic heterocycles. The highest BCUT2D eigenvalue weighted by molar-refractivity contribution is 7.09. The molecular weight excluding hydrogens is 292 g/mol. The summed E-state index contributed by atoms with van der Waals surface area (Å²) in [5, 5.41) is 2.00. The third-order valence-electron chi connectivity index (χ3n) is 3.58. The fourth-order valence-electron chi connectivity index (χ4n) is 2.34. The summed E-state index contributed by atoms with van der Waals surface area (Å²) in [5.41, 5.74) is -0.0340. The van der Waals surface area contributed by atoms with Crippen LogP contribution in [0.2, 0.25) is 0 Å². The Bertz CT molecular complexity index is 638. The number of carbonyl (C=O) groups is 1. The maximum atomic E-state index is 13.7. The Hall–Kier alpha value is -1.59. The number of nitrogens with zero attached hydrogens (tertiary/aromatic N) is 1. The van der Waals surface area contributed by atoms with Crippen molar-refractivity contribution in [2.75, 3.05) is 6.54 Å². The number of Topliss-reactive ketones (excluding diaryl/α,β-unsaturated/α-hetero) is 1. The molecule has 1 aromatic carbocycles. The summed E-state index contributed by atoms with van der Waals surface area (Å²) >= 11 is 1.65. The first-order valence-corrected chi connectivity index (χ1v) is 7.76. The molecule has 1 heterocycles. The zero-order chi connectivity index (χ0) is 14.8. The Morgan fingerprint density at radius 1 is 1.29 bits per heavy atom. The van der Waals surface area contributed by atoms with Crippen LogP contribution in [-0.4, -0.2) is 23.3 Å². The number of benzene rings is 1. The van der Waals surface area contributed by atoms with Crippen LogP contribution in [0.25, 0.3) is 0 Å². The summed E-state index contributed by atoms with van der Waals surface area (Å²) in [6.07, 6.45) is 2.15. The van der Waals surface area contributed by atoms with E-state index < -0.39 is 11.6 Å². The van der Waals surface area contributed by atoms with Gasteiger partial charge in [-0.25, -0.2) is 8.78 Å². The largest absolute Gasteiger partial charge is 0.293 e. The molecule has 1 aliphatic carbocycles. The fraction of sp³-hybridized carbons (Fsp3) is 0.312. The van der Waals surface area contributed by atoms with E-state index in [0.717, 1.165) is 25.0 Å². The quantitative estimate of drug-likeness (QED) is 0.755. The van der Waals surface area contributed by atoms with Crippen molar-refractivity contribution in [2.45, 2.75) is 25.4 Å². The molecule has 1 fully saturated rings. The number of carbonyl (C=O) groups excluding carboxylic acids is 1. The lowest BCUT2D eigenvalue weighted by Gasteiger charge is -2.20. The van der Waals surface area contributed by atoms with Crippen molar-refractivity contribution in [3.8, 4) is 0 Å². The van der Waals surface area contributed by atoms with Gasteiger partial charge in [-0.05, 0) is 36.4 Å². The lowest BCUT2D eigenvalue weighted by Crippen LogP contribution is -2.31. The molecule has 110 valence electrons. The van der Waals surface area contributed by atoms with Crippen LogP contribution in [-0.2, 0) is 6.54 Å². The van der Waals surface area contributed by atoms with Gasteiger partial charge in [0.15, 0.2) is 5.78 Å². The van der Waals surface area contributed by atoms with E-state index in [4.69, 9.17) is 0 Å². The van der Waals surface area contributed by atoms with E-state index in [1.165, 1.54) is 10.9 Å². The van der Waals surface area contributed by atoms with E-state index in [-0.39, 0.29) is 17.9 Å². The topological polar surface area (TPSA) is 20.3 Å². The second-order valence-electron chi connectivity index (χ2n) is 5.26. The summed E-state index contributed by atoms with van der Waals surface area (Å²) in [6.45, 7) is 0.877. The van der Waals surface area contributed by atoms with Crippen molar-refractivity contribution in [1.29, 1.82) is 0 Å². The van der Waals surface area contributed by atoms with Gasteiger partial charge in [-0.2, -0.15) is 0 Å². The van der Waals surface area contributed by atoms with Gasteiger partial charge in [-0.3, -0.25) is 9.69 Å². The number of halogens is 2. The van der Waals surface area contributed by atoms with Crippen LogP contribution in [0.3, 0.4) is 0 Å². The van der Waals surface area contributed by atoms with Crippen molar-refractivity contribution in [3.63, 3.8) is 0 Å². The molecule has 0 aliphatic heterocycles. The number of ketones is 1. The molecule has 21 heavy (non-hydrogen) atoms. The maximum absolute atomic E-state index is 13.7. The minimum Gasteiger partial charge on any atom is -0.293 e. The van der Waals surface area contributed by atoms with Gasteiger partial charge in [0.25, 0.3) is 0 Å². The molecule has 0 bridgehead atoms. The van der Waals surface area contributed by atoms with Gasteiger partial charge in [0.1, 0.15) is 11.6 Å². The summed E-state index contributed by atoms with van der Waals surface area (Å²) < 4.78 is 26.6. The van der Waals surface area contributed by atoms with Crippen molar-refractivity contribution in [1.82, 2.24) is 4.90 Å². The van der Waals surface area contributed by atoms with Crippen LogP contribution in [0.5, 0.6) is 0 Å². The zero-order valence-corrected chi connectivity index (χ0v) is 12.2. The molecule has 3 rings (SSSR count). The molecule has 5 heteroatoms. The van der Waals surface area contributed by atoms with E-state index in [9.17, 15) is 13.6 Å². The van der Waals surface area contributed by atoms with E-state index in [0.29, 0.717) is 12.6 Å². The molecule has 0 amide bonds. The molecule has 1 aliphatic rings. The molecular formula is C16H15F2NOS. The van der Waals surface area contributed by atoms with Crippen LogP contribution in [0.4, 0.5) is 8.78 Å².